The molecule has 0 fully saturated rings. The molecule has 1 atom stereocenters. The fourth-order valence-electron chi connectivity index (χ4n) is 1.90. The van der Waals surface area contributed by atoms with Gasteiger partial charge in [0.15, 0.2) is 5.76 Å². The first-order chi connectivity index (χ1) is 11.3. The number of nitrogens with one attached hydrogen (secondary N) is 1. The van der Waals surface area contributed by atoms with Crippen LogP contribution < -0.4 is 5.32 Å². The number of esters is 1. The molecule has 1 heterocycles. The molecular weight excluding hydrogens is 306 g/mol. The van der Waals surface area contributed by atoms with Crippen LogP contribution >= 0.6 is 0 Å². The fraction of sp³-hybridized carbons (Fsp3) is 0.263. The van der Waals surface area contributed by atoms with E-state index >= 15 is 0 Å². The number of hydrogen-bond acceptors (Lipinski definition) is 4. The second-order valence-electron chi connectivity index (χ2n) is 6.16. The monoisotopic (exact) mass is 325 g/mol. The largest absolute Gasteiger partial charge is 0.465 e. The Kier molecular flexibility index (Phi) is 5.43. The van der Waals surface area contributed by atoms with E-state index in [4.69, 9.17) is 9.15 Å². The standard InChI is InChI=1S/C19H19NO4/c1-19(2,3)20-18(22)17(15-10-7-13-23-15)24-16(21)12-11-14-8-5-4-6-9-14/h4-10,13,17H,1-3H3,(H,20,22). The van der Waals surface area contributed by atoms with Crippen molar-refractivity contribution < 1.29 is 18.7 Å². The van der Waals surface area contributed by atoms with Gasteiger partial charge in [-0.05, 0) is 45.0 Å². The van der Waals surface area contributed by atoms with Crippen LogP contribution in [0.4, 0.5) is 0 Å². The van der Waals surface area contributed by atoms with Gasteiger partial charge in [-0.3, -0.25) is 4.79 Å². The van der Waals surface area contributed by atoms with Gasteiger partial charge in [0.25, 0.3) is 5.91 Å². The zero-order chi connectivity index (χ0) is 17.6. The van der Waals surface area contributed by atoms with E-state index in [1.54, 1.807) is 24.3 Å². The minimum Gasteiger partial charge on any atom is -0.465 e. The van der Waals surface area contributed by atoms with Crippen molar-refractivity contribution in [2.24, 2.45) is 0 Å². The lowest BCUT2D eigenvalue weighted by Crippen LogP contribution is -2.44. The first-order valence-electron chi connectivity index (χ1n) is 7.48. The van der Waals surface area contributed by atoms with Crippen LogP contribution in [-0.4, -0.2) is 17.4 Å². The van der Waals surface area contributed by atoms with E-state index in [2.05, 4.69) is 17.2 Å². The van der Waals surface area contributed by atoms with Crippen molar-refractivity contribution in [2.45, 2.75) is 32.4 Å². The van der Waals surface area contributed by atoms with E-state index in [0.29, 0.717) is 5.56 Å². The molecule has 0 spiro atoms. The fourth-order valence-corrected chi connectivity index (χ4v) is 1.90. The number of benzene rings is 1. The lowest BCUT2D eigenvalue weighted by Gasteiger charge is -2.23. The van der Waals surface area contributed by atoms with Crippen molar-refractivity contribution in [3.63, 3.8) is 0 Å². The lowest BCUT2D eigenvalue weighted by molar-refractivity contribution is -0.152. The minimum atomic E-state index is -1.18. The van der Waals surface area contributed by atoms with Crippen LogP contribution in [0.25, 0.3) is 0 Å². The van der Waals surface area contributed by atoms with Crippen molar-refractivity contribution in [3.05, 3.63) is 60.1 Å². The zero-order valence-electron chi connectivity index (χ0n) is 13.8. The molecule has 0 saturated carbocycles. The Morgan fingerprint density at radius 3 is 2.42 bits per heavy atom. The molecular formula is C19H19NO4. The number of carbonyl (C=O) groups is 2. The molecule has 0 aliphatic carbocycles. The van der Waals surface area contributed by atoms with Crippen LogP contribution in [0, 0.1) is 11.8 Å². The summed E-state index contributed by atoms with van der Waals surface area (Å²) in [6, 6.07) is 12.2. The molecule has 2 aromatic rings. The summed E-state index contributed by atoms with van der Waals surface area (Å²) >= 11 is 0. The predicted octanol–water partition coefficient (Wildman–Crippen LogP) is 2.83. The molecule has 2 rings (SSSR count). The van der Waals surface area contributed by atoms with Gasteiger partial charge in [0.05, 0.1) is 6.26 Å². The summed E-state index contributed by atoms with van der Waals surface area (Å²) in [5.74, 6) is 4.05. The van der Waals surface area contributed by atoms with Gasteiger partial charge >= 0.3 is 5.97 Å². The summed E-state index contributed by atoms with van der Waals surface area (Å²) in [7, 11) is 0. The minimum absolute atomic E-state index is 0.242. The Balaban J connectivity index is 2.13. The summed E-state index contributed by atoms with van der Waals surface area (Å²) in [5, 5.41) is 2.76. The van der Waals surface area contributed by atoms with Crippen LogP contribution in [0.5, 0.6) is 0 Å². The number of amides is 1. The Morgan fingerprint density at radius 1 is 1.12 bits per heavy atom. The molecule has 1 aromatic carbocycles. The normalized spacial score (nSPS) is 11.8. The molecule has 1 aromatic heterocycles. The van der Waals surface area contributed by atoms with E-state index in [9.17, 15) is 9.59 Å². The SMILES string of the molecule is CC(C)(C)NC(=O)C(OC(=O)C#Cc1ccccc1)c1ccco1. The molecule has 0 bridgehead atoms. The van der Waals surface area contributed by atoms with Crippen LogP contribution in [0.15, 0.2) is 53.1 Å². The van der Waals surface area contributed by atoms with Crippen molar-refractivity contribution >= 4 is 11.9 Å². The smallest absolute Gasteiger partial charge is 0.385 e. The number of hydrogen-bond donors (Lipinski definition) is 1. The second-order valence-corrected chi connectivity index (χ2v) is 6.16. The third-order valence-electron chi connectivity index (χ3n) is 2.85. The Hall–Kier alpha value is -3.00. The van der Waals surface area contributed by atoms with E-state index in [1.807, 2.05) is 39.0 Å². The second kappa shape index (κ2) is 7.51. The molecule has 0 aliphatic heterocycles. The summed E-state index contributed by atoms with van der Waals surface area (Å²) in [6.07, 6.45) is 0.229. The van der Waals surface area contributed by atoms with E-state index in [0.717, 1.165) is 0 Å². The van der Waals surface area contributed by atoms with Crippen LogP contribution in [-0.2, 0) is 14.3 Å². The Morgan fingerprint density at radius 2 is 1.83 bits per heavy atom. The molecule has 0 radical (unpaired) electrons. The first kappa shape index (κ1) is 17.4. The summed E-state index contributed by atoms with van der Waals surface area (Å²) in [5.41, 5.74) is 0.215. The van der Waals surface area contributed by atoms with Gasteiger partial charge in [-0.2, -0.15) is 0 Å². The predicted molar refractivity (Wildman–Crippen MR) is 88.8 cm³/mol. The van der Waals surface area contributed by atoms with Crippen LogP contribution in [0.2, 0.25) is 0 Å². The summed E-state index contributed by atoms with van der Waals surface area (Å²) in [6.45, 7) is 5.50. The van der Waals surface area contributed by atoms with Crippen LogP contribution in [0.3, 0.4) is 0 Å². The van der Waals surface area contributed by atoms with Crippen molar-refractivity contribution in [1.29, 1.82) is 0 Å². The molecule has 5 heteroatoms. The lowest BCUT2D eigenvalue weighted by atomic mass is 10.1. The highest BCUT2D eigenvalue weighted by Crippen LogP contribution is 2.19. The molecule has 0 aliphatic rings. The Labute approximate surface area is 141 Å². The molecule has 1 unspecified atom stereocenters. The average Bonchev–Trinajstić information content (AvgIpc) is 3.04. The van der Waals surface area contributed by atoms with E-state index in [-0.39, 0.29) is 5.76 Å². The van der Waals surface area contributed by atoms with Gasteiger partial charge in [-0.25, -0.2) is 4.79 Å². The molecule has 1 amide bonds. The van der Waals surface area contributed by atoms with Gasteiger partial charge in [-0.15, -0.1) is 0 Å². The van der Waals surface area contributed by atoms with E-state index in [1.165, 1.54) is 6.26 Å². The summed E-state index contributed by atoms with van der Waals surface area (Å²) in [4.78, 5) is 24.3. The third-order valence-corrected chi connectivity index (χ3v) is 2.85. The average molecular weight is 325 g/mol. The maximum atomic E-state index is 12.4. The maximum Gasteiger partial charge on any atom is 0.385 e. The van der Waals surface area contributed by atoms with Crippen molar-refractivity contribution in [3.8, 4) is 11.8 Å². The molecule has 1 N–H and O–H groups in total. The highest BCUT2D eigenvalue weighted by molar-refractivity contribution is 5.92. The van der Waals surface area contributed by atoms with Gasteiger partial charge in [-0.1, -0.05) is 24.1 Å². The highest BCUT2D eigenvalue weighted by atomic mass is 16.6. The molecule has 0 saturated heterocycles. The highest BCUT2D eigenvalue weighted by Gasteiger charge is 2.29. The van der Waals surface area contributed by atoms with Crippen LogP contribution in [0.1, 0.15) is 38.2 Å². The van der Waals surface area contributed by atoms with Gasteiger partial charge in [0, 0.05) is 17.0 Å². The van der Waals surface area contributed by atoms with Gasteiger partial charge in [0.2, 0.25) is 6.10 Å². The van der Waals surface area contributed by atoms with Crippen molar-refractivity contribution in [2.75, 3.05) is 0 Å². The third kappa shape index (κ3) is 5.33. The topological polar surface area (TPSA) is 68.5 Å². The van der Waals surface area contributed by atoms with E-state index < -0.39 is 23.5 Å². The molecule has 24 heavy (non-hydrogen) atoms. The van der Waals surface area contributed by atoms with Gasteiger partial charge in [0.1, 0.15) is 0 Å². The van der Waals surface area contributed by atoms with Gasteiger partial charge < -0.3 is 14.5 Å². The number of ether oxygens (including phenoxy) is 1. The molecule has 124 valence electrons. The summed E-state index contributed by atoms with van der Waals surface area (Å²) < 4.78 is 10.4. The molecule has 5 nitrogen and oxygen atoms in total. The number of furan rings is 1. The Bertz CT molecular complexity index is 746. The van der Waals surface area contributed by atoms with Crippen molar-refractivity contribution in [1.82, 2.24) is 5.32 Å². The zero-order valence-corrected chi connectivity index (χ0v) is 13.8. The number of rotatable bonds is 3. The quantitative estimate of drug-likeness (QED) is 0.696. The first-order valence-corrected chi connectivity index (χ1v) is 7.48. The number of carbonyl (C=O) groups excluding carboxylic acids is 2. The maximum absolute atomic E-state index is 12.4.